The second kappa shape index (κ2) is 2.55. The first-order chi connectivity index (χ1) is 4.86. The Morgan fingerprint density at radius 3 is 3.00 bits per heavy atom. The molecule has 2 aliphatic heterocycles. The van der Waals surface area contributed by atoms with E-state index in [4.69, 9.17) is 0 Å². The molecule has 0 aliphatic carbocycles. The van der Waals surface area contributed by atoms with Crippen LogP contribution >= 0.6 is 0 Å². The van der Waals surface area contributed by atoms with Gasteiger partial charge in [0.25, 0.3) is 0 Å². The normalized spacial score (nSPS) is 36.2. The molecule has 3 heteroatoms. The quantitative estimate of drug-likeness (QED) is 0.409. The topological polar surface area (TPSA) is 6.48 Å². The molecule has 2 fully saturated rings. The summed E-state index contributed by atoms with van der Waals surface area (Å²) in [4.78, 5) is 5.09. The van der Waals surface area contributed by atoms with E-state index in [1.54, 1.807) is 0 Å². The number of hydrogen-bond donors (Lipinski definition) is 0. The summed E-state index contributed by atoms with van der Waals surface area (Å²) in [6, 6.07) is 0.902. The summed E-state index contributed by atoms with van der Waals surface area (Å²) in [5, 5.41) is 0. The van der Waals surface area contributed by atoms with Crippen molar-refractivity contribution in [1.29, 1.82) is 0 Å². The van der Waals surface area contributed by atoms with Gasteiger partial charge in [0.2, 0.25) is 0 Å². The van der Waals surface area contributed by atoms with Gasteiger partial charge in [0.05, 0.1) is 0 Å². The Labute approximate surface area is 63.6 Å². The maximum Gasteiger partial charge on any atom is 0.185 e. The molecule has 2 rings (SSSR count). The average Bonchev–Trinajstić information content (AvgIpc) is 2.33. The number of hydrogen-bond acceptors (Lipinski definition) is 2. The Morgan fingerprint density at radius 2 is 2.10 bits per heavy atom. The molecular formula is C7H15BN2. The van der Waals surface area contributed by atoms with E-state index in [0.29, 0.717) is 0 Å². The van der Waals surface area contributed by atoms with Gasteiger partial charge in [-0.25, -0.2) is 0 Å². The summed E-state index contributed by atoms with van der Waals surface area (Å²) in [7, 11) is 2.23. The fraction of sp³-hybridized carbons (Fsp3) is 1.00. The zero-order valence-electron chi connectivity index (χ0n) is 6.71. The highest BCUT2D eigenvalue weighted by molar-refractivity contribution is 6.04. The number of rotatable bonds is 0. The van der Waals surface area contributed by atoms with Gasteiger partial charge in [-0.05, 0) is 25.9 Å². The summed E-state index contributed by atoms with van der Waals surface area (Å²) < 4.78 is 0. The van der Waals surface area contributed by atoms with Gasteiger partial charge < -0.3 is 4.81 Å². The molecule has 0 aromatic rings. The SMILES string of the molecule is BN1CCN2CCC[C@H]2C1. The van der Waals surface area contributed by atoms with E-state index in [1.807, 2.05) is 0 Å². The van der Waals surface area contributed by atoms with Crippen molar-refractivity contribution < 1.29 is 0 Å². The Kier molecular flexibility index (Phi) is 1.70. The van der Waals surface area contributed by atoms with E-state index in [9.17, 15) is 0 Å². The maximum absolute atomic E-state index is 2.64. The Hall–Kier alpha value is -0.0151. The molecule has 0 N–H and O–H groups in total. The molecule has 0 unspecified atom stereocenters. The summed E-state index contributed by atoms with van der Waals surface area (Å²) in [5.74, 6) is 0. The first kappa shape index (κ1) is 6.68. The highest BCUT2D eigenvalue weighted by atomic mass is 15.3. The predicted octanol–water partition coefficient (Wildman–Crippen LogP) is -0.685. The van der Waals surface area contributed by atoms with Crippen LogP contribution in [0.25, 0.3) is 0 Å². The molecule has 0 spiro atoms. The molecule has 0 radical (unpaired) electrons. The molecule has 10 heavy (non-hydrogen) atoms. The molecule has 2 aliphatic rings. The van der Waals surface area contributed by atoms with Crippen molar-refractivity contribution in [2.24, 2.45) is 0 Å². The maximum atomic E-state index is 2.64. The second-order valence-electron chi connectivity index (χ2n) is 3.59. The van der Waals surface area contributed by atoms with Gasteiger partial charge in [0.1, 0.15) is 0 Å². The van der Waals surface area contributed by atoms with Crippen LogP contribution in [-0.4, -0.2) is 49.9 Å². The minimum atomic E-state index is 0.902. The predicted molar refractivity (Wildman–Crippen MR) is 44.7 cm³/mol. The van der Waals surface area contributed by atoms with Crippen LogP contribution in [0.3, 0.4) is 0 Å². The largest absolute Gasteiger partial charge is 0.346 e. The summed E-state index contributed by atoms with van der Waals surface area (Å²) in [6.07, 6.45) is 2.86. The van der Waals surface area contributed by atoms with Crippen LogP contribution in [0.5, 0.6) is 0 Å². The third-order valence-electron chi connectivity index (χ3n) is 2.79. The molecular weight excluding hydrogens is 123 g/mol. The van der Waals surface area contributed by atoms with E-state index in [-0.39, 0.29) is 0 Å². The van der Waals surface area contributed by atoms with E-state index < -0.39 is 0 Å². The van der Waals surface area contributed by atoms with E-state index in [2.05, 4.69) is 17.7 Å². The van der Waals surface area contributed by atoms with Gasteiger partial charge >= 0.3 is 0 Å². The molecule has 2 heterocycles. The number of nitrogens with zero attached hydrogens (tertiary/aromatic N) is 2. The zero-order valence-corrected chi connectivity index (χ0v) is 6.71. The lowest BCUT2D eigenvalue weighted by Crippen LogP contribution is -2.48. The highest BCUT2D eigenvalue weighted by Gasteiger charge is 2.28. The van der Waals surface area contributed by atoms with Crippen molar-refractivity contribution in [3.63, 3.8) is 0 Å². The number of fused-ring (bicyclic) bond motifs is 1. The fourth-order valence-corrected chi connectivity index (χ4v) is 2.15. The van der Waals surface area contributed by atoms with Crippen molar-refractivity contribution >= 4 is 7.98 Å². The van der Waals surface area contributed by atoms with Gasteiger partial charge in [-0.15, -0.1) is 0 Å². The molecule has 0 bridgehead atoms. The van der Waals surface area contributed by atoms with Crippen LogP contribution in [0, 0.1) is 0 Å². The molecule has 0 aromatic heterocycles. The minimum Gasteiger partial charge on any atom is -0.346 e. The summed E-state index contributed by atoms with van der Waals surface area (Å²) >= 11 is 0. The van der Waals surface area contributed by atoms with Gasteiger partial charge in [0.15, 0.2) is 7.98 Å². The van der Waals surface area contributed by atoms with Gasteiger partial charge in [-0.3, -0.25) is 4.90 Å². The first-order valence-electron chi connectivity index (χ1n) is 4.29. The fourth-order valence-electron chi connectivity index (χ4n) is 2.15. The monoisotopic (exact) mass is 138 g/mol. The summed E-state index contributed by atoms with van der Waals surface area (Å²) in [6.45, 7) is 5.25. The van der Waals surface area contributed by atoms with Crippen LogP contribution < -0.4 is 0 Å². The van der Waals surface area contributed by atoms with Gasteiger partial charge in [0, 0.05) is 19.1 Å². The van der Waals surface area contributed by atoms with Crippen molar-refractivity contribution in [1.82, 2.24) is 9.71 Å². The Balaban J connectivity index is 1.96. The highest BCUT2D eigenvalue weighted by Crippen LogP contribution is 2.19. The van der Waals surface area contributed by atoms with Crippen LogP contribution in [0.15, 0.2) is 0 Å². The average molecular weight is 138 g/mol. The van der Waals surface area contributed by atoms with E-state index in [0.717, 1.165) is 6.04 Å². The zero-order chi connectivity index (χ0) is 6.97. The molecule has 2 nitrogen and oxygen atoms in total. The van der Waals surface area contributed by atoms with Gasteiger partial charge in [-0.1, -0.05) is 0 Å². The smallest absolute Gasteiger partial charge is 0.185 e. The second-order valence-corrected chi connectivity index (χ2v) is 3.59. The third kappa shape index (κ3) is 1.08. The Morgan fingerprint density at radius 1 is 1.20 bits per heavy atom. The van der Waals surface area contributed by atoms with Crippen LogP contribution in [-0.2, 0) is 0 Å². The molecule has 0 saturated carbocycles. The lowest BCUT2D eigenvalue weighted by Gasteiger charge is -2.35. The van der Waals surface area contributed by atoms with E-state index >= 15 is 0 Å². The first-order valence-corrected chi connectivity index (χ1v) is 4.29. The van der Waals surface area contributed by atoms with E-state index in [1.165, 1.54) is 39.0 Å². The molecule has 2 saturated heterocycles. The minimum absolute atomic E-state index is 0.902. The van der Waals surface area contributed by atoms with Crippen LogP contribution in [0.2, 0.25) is 0 Å². The molecule has 56 valence electrons. The lowest BCUT2D eigenvalue weighted by molar-refractivity contribution is 0.161. The molecule has 1 atom stereocenters. The molecule has 0 amide bonds. The summed E-state index contributed by atoms with van der Waals surface area (Å²) in [5.41, 5.74) is 0. The number of piperazine rings is 1. The Bertz CT molecular complexity index is 129. The van der Waals surface area contributed by atoms with Crippen molar-refractivity contribution in [3.8, 4) is 0 Å². The van der Waals surface area contributed by atoms with Crippen molar-refractivity contribution in [2.75, 3.05) is 26.2 Å². The van der Waals surface area contributed by atoms with Gasteiger partial charge in [-0.2, -0.15) is 0 Å². The van der Waals surface area contributed by atoms with Crippen molar-refractivity contribution in [3.05, 3.63) is 0 Å². The standard InChI is InChI=1S/C7H15BN2/c8-10-5-4-9-3-1-2-7(9)6-10/h7H,1-6,8H2/t7-/m0/s1. The van der Waals surface area contributed by atoms with Crippen LogP contribution in [0.4, 0.5) is 0 Å². The van der Waals surface area contributed by atoms with Crippen molar-refractivity contribution in [2.45, 2.75) is 18.9 Å². The van der Waals surface area contributed by atoms with Crippen LogP contribution in [0.1, 0.15) is 12.8 Å². The third-order valence-corrected chi connectivity index (χ3v) is 2.79. The lowest BCUT2D eigenvalue weighted by atomic mass is 10.1. The molecule has 0 aromatic carbocycles.